The summed E-state index contributed by atoms with van der Waals surface area (Å²) in [5.74, 6) is -1.56. The van der Waals surface area contributed by atoms with Crippen LogP contribution in [0.5, 0.6) is 0 Å². The van der Waals surface area contributed by atoms with Crippen molar-refractivity contribution in [2.45, 2.75) is 12.3 Å². The highest BCUT2D eigenvalue weighted by Gasteiger charge is 2.36. The molecule has 1 aromatic carbocycles. The van der Waals surface area contributed by atoms with Gasteiger partial charge in [-0.15, -0.1) is 0 Å². The monoisotopic (exact) mass is 336 g/mol. The van der Waals surface area contributed by atoms with Crippen LogP contribution in [-0.4, -0.2) is 40.0 Å². The molecule has 25 heavy (non-hydrogen) atoms. The minimum absolute atomic E-state index is 0.103. The van der Waals surface area contributed by atoms with Gasteiger partial charge in [-0.05, 0) is 29.7 Å². The van der Waals surface area contributed by atoms with E-state index in [2.05, 4.69) is 4.98 Å². The highest BCUT2D eigenvalue weighted by atomic mass is 16.4. The van der Waals surface area contributed by atoms with Gasteiger partial charge in [0.1, 0.15) is 0 Å². The van der Waals surface area contributed by atoms with Crippen LogP contribution >= 0.6 is 0 Å². The van der Waals surface area contributed by atoms with Crippen molar-refractivity contribution in [1.82, 2.24) is 9.88 Å². The SMILES string of the molecule is O=C(O)C1CCN(C(=O)C=Cc2cccnc2)CC1c1ccccc1. The van der Waals surface area contributed by atoms with Crippen molar-refractivity contribution in [3.63, 3.8) is 0 Å². The molecule has 2 unspecified atom stereocenters. The van der Waals surface area contributed by atoms with E-state index in [9.17, 15) is 14.7 Å². The molecule has 128 valence electrons. The van der Waals surface area contributed by atoms with Crippen LogP contribution < -0.4 is 0 Å². The second-order valence-electron chi connectivity index (χ2n) is 6.15. The van der Waals surface area contributed by atoms with Crippen LogP contribution in [0.25, 0.3) is 6.08 Å². The number of carbonyl (C=O) groups excluding carboxylic acids is 1. The Kier molecular flexibility index (Phi) is 5.23. The van der Waals surface area contributed by atoms with Gasteiger partial charge in [0.15, 0.2) is 0 Å². The average Bonchev–Trinajstić information content (AvgIpc) is 2.67. The molecule has 0 aliphatic carbocycles. The zero-order valence-corrected chi connectivity index (χ0v) is 13.8. The molecule has 2 atom stereocenters. The zero-order chi connectivity index (χ0) is 17.6. The number of aromatic nitrogens is 1. The molecule has 0 bridgehead atoms. The van der Waals surface area contributed by atoms with Crippen LogP contribution in [0.3, 0.4) is 0 Å². The number of rotatable bonds is 4. The number of piperidine rings is 1. The normalized spacial score (nSPS) is 20.6. The average molecular weight is 336 g/mol. The lowest BCUT2D eigenvalue weighted by atomic mass is 9.80. The summed E-state index contributed by atoms with van der Waals surface area (Å²) in [4.78, 5) is 29.8. The van der Waals surface area contributed by atoms with Crippen LogP contribution in [0, 0.1) is 5.92 Å². The molecule has 3 rings (SSSR count). The van der Waals surface area contributed by atoms with Gasteiger partial charge in [0.2, 0.25) is 5.91 Å². The summed E-state index contributed by atoms with van der Waals surface area (Å²) in [5.41, 5.74) is 1.82. The van der Waals surface area contributed by atoms with Crippen LogP contribution in [0.15, 0.2) is 60.9 Å². The van der Waals surface area contributed by atoms with Crippen molar-refractivity contribution in [3.05, 3.63) is 72.1 Å². The number of carboxylic acids is 1. The topological polar surface area (TPSA) is 70.5 Å². The first-order valence-electron chi connectivity index (χ1n) is 8.30. The van der Waals surface area contributed by atoms with Crippen molar-refractivity contribution in [1.29, 1.82) is 0 Å². The fourth-order valence-corrected chi connectivity index (χ4v) is 3.23. The molecule has 5 heteroatoms. The number of amides is 1. The van der Waals surface area contributed by atoms with Gasteiger partial charge in [-0.3, -0.25) is 14.6 Å². The van der Waals surface area contributed by atoms with E-state index in [0.29, 0.717) is 19.5 Å². The third-order valence-corrected chi connectivity index (χ3v) is 4.57. The minimum atomic E-state index is -0.799. The van der Waals surface area contributed by atoms with Crippen molar-refractivity contribution < 1.29 is 14.7 Å². The highest BCUT2D eigenvalue weighted by Crippen LogP contribution is 2.32. The smallest absolute Gasteiger partial charge is 0.307 e. The molecule has 0 radical (unpaired) electrons. The molecule has 0 saturated carbocycles. The maximum atomic E-state index is 12.5. The lowest BCUT2D eigenvalue weighted by molar-refractivity contribution is -0.146. The second kappa shape index (κ2) is 7.75. The molecule has 2 aromatic rings. The molecule has 0 spiro atoms. The van der Waals surface area contributed by atoms with E-state index in [4.69, 9.17) is 0 Å². The largest absolute Gasteiger partial charge is 0.481 e. The van der Waals surface area contributed by atoms with Gasteiger partial charge in [0.05, 0.1) is 5.92 Å². The lowest BCUT2D eigenvalue weighted by Crippen LogP contribution is -2.44. The highest BCUT2D eigenvalue weighted by molar-refractivity contribution is 5.92. The first-order valence-corrected chi connectivity index (χ1v) is 8.30. The summed E-state index contributed by atoms with van der Waals surface area (Å²) in [7, 11) is 0. The molecule has 1 aromatic heterocycles. The van der Waals surface area contributed by atoms with Crippen LogP contribution in [0.2, 0.25) is 0 Å². The summed E-state index contributed by atoms with van der Waals surface area (Å²) in [6, 6.07) is 13.3. The van der Waals surface area contributed by atoms with Crippen LogP contribution in [0.1, 0.15) is 23.5 Å². The number of likely N-dealkylation sites (tertiary alicyclic amines) is 1. The summed E-state index contributed by atoms with van der Waals surface area (Å²) >= 11 is 0. The van der Waals surface area contributed by atoms with Crippen molar-refractivity contribution >= 4 is 18.0 Å². The molecular formula is C20H20N2O3. The van der Waals surface area contributed by atoms with Gasteiger partial charge in [-0.2, -0.15) is 0 Å². The van der Waals surface area contributed by atoms with Crippen LogP contribution in [0.4, 0.5) is 0 Å². The Morgan fingerprint density at radius 1 is 1.16 bits per heavy atom. The summed E-state index contributed by atoms with van der Waals surface area (Å²) < 4.78 is 0. The van der Waals surface area contributed by atoms with Crippen molar-refractivity contribution in [2.24, 2.45) is 5.92 Å². The zero-order valence-electron chi connectivity index (χ0n) is 13.8. The molecular weight excluding hydrogens is 316 g/mol. The molecule has 1 amide bonds. The van der Waals surface area contributed by atoms with Gasteiger partial charge < -0.3 is 10.0 Å². The Balaban J connectivity index is 1.74. The van der Waals surface area contributed by atoms with Crippen LogP contribution in [-0.2, 0) is 9.59 Å². The van der Waals surface area contributed by atoms with Gasteiger partial charge in [0.25, 0.3) is 0 Å². The number of carboxylic acid groups (broad SMARTS) is 1. The summed E-state index contributed by atoms with van der Waals surface area (Å²) in [5, 5.41) is 9.52. The van der Waals surface area contributed by atoms with E-state index in [-0.39, 0.29) is 11.8 Å². The molecule has 5 nitrogen and oxygen atoms in total. The molecule has 1 N–H and O–H groups in total. The summed E-state index contributed by atoms with van der Waals surface area (Å²) in [6.07, 6.45) is 7.09. The standard InChI is InChI=1S/C20H20N2O3/c23-19(9-8-15-5-4-11-21-13-15)22-12-10-17(20(24)25)18(14-22)16-6-2-1-3-7-16/h1-9,11,13,17-18H,10,12,14H2,(H,24,25). The number of nitrogens with zero attached hydrogens (tertiary/aromatic N) is 2. The van der Waals surface area contributed by atoms with Crippen molar-refractivity contribution in [3.8, 4) is 0 Å². The Bertz CT molecular complexity index is 759. The predicted octanol–water partition coefficient (Wildman–Crippen LogP) is 2.81. The predicted molar refractivity (Wildman–Crippen MR) is 94.8 cm³/mol. The number of hydrogen-bond acceptors (Lipinski definition) is 3. The summed E-state index contributed by atoms with van der Waals surface area (Å²) in [6.45, 7) is 0.869. The maximum absolute atomic E-state index is 12.5. The third kappa shape index (κ3) is 4.12. The molecule has 1 fully saturated rings. The Hall–Kier alpha value is -2.95. The Labute approximate surface area is 146 Å². The molecule has 1 aliphatic heterocycles. The Morgan fingerprint density at radius 2 is 1.96 bits per heavy atom. The maximum Gasteiger partial charge on any atom is 0.307 e. The number of pyridine rings is 1. The molecule has 1 aliphatic rings. The van der Waals surface area contributed by atoms with Gasteiger partial charge >= 0.3 is 5.97 Å². The fourth-order valence-electron chi connectivity index (χ4n) is 3.23. The first kappa shape index (κ1) is 16.9. The van der Waals surface area contributed by atoms with E-state index in [1.807, 2.05) is 42.5 Å². The van der Waals surface area contributed by atoms with E-state index in [0.717, 1.165) is 11.1 Å². The van der Waals surface area contributed by atoms with E-state index < -0.39 is 11.9 Å². The first-order chi connectivity index (χ1) is 12.1. The lowest BCUT2D eigenvalue weighted by Gasteiger charge is -2.36. The second-order valence-corrected chi connectivity index (χ2v) is 6.15. The number of aliphatic carboxylic acids is 1. The number of hydrogen-bond donors (Lipinski definition) is 1. The van der Waals surface area contributed by atoms with E-state index in [1.165, 1.54) is 6.08 Å². The minimum Gasteiger partial charge on any atom is -0.481 e. The third-order valence-electron chi connectivity index (χ3n) is 4.57. The van der Waals surface area contributed by atoms with Gasteiger partial charge in [0, 0.05) is 37.5 Å². The molecule has 2 heterocycles. The Morgan fingerprint density at radius 3 is 2.64 bits per heavy atom. The van der Waals surface area contributed by atoms with Crippen molar-refractivity contribution in [2.75, 3.05) is 13.1 Å². The van der Waals surface area contributed by atoms with E-state index in [1.54, 1.807) is 23.4 Å². The quantitative estimate of drug-likeness (QED) is 0.872. The van der Waals surface area contributed by atoms with Gasteiger partial charge in [-0.1, -0.05) is 36.4 Å². The van der Waals surface area contributed by atoms with Gasteiger partial charge in [-0.25, -0.2) is 0 Å². The molecule has 1 saturated heterocycles. The fraction of sp³-hybridized carbons (Fsp3) is 0.250. The number of carbonyl (C=O) groups is 2. The number of benzene rings is 1. The van der Waals surface area contributed by atoms with E-state index >= 15 is 0 Å².